The minimum absolute atomic E-state index is 0.144. The van der Waals surface area contributed by atoms with Crippen molar-refractivity contribution in [2.45, 2.75) is 53.4 Å². The van der Waals surface area contributed by atoms with Crippen molar-refractivity contribution in [2.24, 2.45) is 22.0 Å². The molecule has 1 rings (SSSR count). The molecule has 16 heavy (non-hydrogen) atoms. The van der Waals surface area contributed by atoms with Gasteiger partial charge >= 0.3 is 5.97 Å². The summed E-state index contributed by atoms with van der Waals surface area (Å²) in [5.74, 6) is -0.718. The summed E-state index contributed by atoms with van der Waals surface area (Å²) in [6.07, 6.45) is 3.25. The highest BCUT2D eigenvalue weighted by atomic mass is 16.4. The van der Waals surface area contributed by atoms with Crippen molar-refractivity contribution >= 4 is 5.97 Å². The van der Waals surface area contributed by atoms with E-state index in [1.54, 1.807) is 0 Å². The third kappa shape index (κ3) is 2.10. The molecule has 0 unspecified atom stereocenters. The number of carboxylic acid groups (broad SMARTS) is 1. The van der Waals surface area contributed by atoms with Gasteiger partial charge in [-0.3, -0.25) is 4.79 Å². The fourth-order valence-electron chi connectivity index (χ4n) is 3.36. The monoisotopic (exact) mass is 227 g/mol. The Morgan fingerprint density at radius 2 is 1.88 bits per heavy atom. The molecular weight excluding hydrogens is 202 g/mol. The van der Waals surface area contributed by atoms with E-state index < -0.39 is 5.97 Å². The first-order valence-electron chi connectivity index (χ1n) is 6.12. The van der Waals surface area contributed by atoms with Gasteiger partial charge < -0.3 is 10.8 Å². The highest BCUT2D eigenvalue weighted by molar-refractivity contribution is 5.68. The zero-order valence-electron chi connectivity index (χ0n) is 11.0. The maximum atomic E-state index is 10.9. The molecule has 0 saturated heterocycles. The van der Waals surface area contributed by atoms with Crippen molar-refractivity contribution in [3.8, 4) is 0 Å². The Hall–Kier alpha value is -0.570. The Morgan fingerprint density at radius 1 is 1.38 bits per heavy atom. The van der Waals surface area contributed by atoms with Gasteiger partial charge in [-0.05, 0) is 42.1 Å². The zero-order valence-corrected chi connectivity index (χ0v) is 11.0. The number of nitrogens with two attached hydrogens (primary N) is 1. The molecule has 0 amide bonds. The van der Waals surface area contributed by atoms with Crippen LogP contribution in [-0.4, -0.2) is 17.6 Å². The van der Waals surface area contributed by atoms with Gasteiger partial charge in [-0.25, -0.2) is 0 Å². The SMILES string of the molecule is CC[C@]1(C(C)(C)C)C[C@](CN)(CC(=O)O)C1. The van der Waals surface area contributed by atoms with Gasteiger partial charge in [0.25, 0.3) is 0 Å². The van der Waals surface area contributed by atoms with Crippen molar-refractivity contribution < 1.29 is 9.90 Å². The molecule has 1 fully saturated rings. The van der Waals surface area contributed by atoms with Crippen molar-refractivity contribution in [3.63, 3.8) is 0 Å². The van der Waals surface area contributed by atoms with Crippen LogP contribution in [0, 0.1) is 16.2 Å². The molecule has 0 heterocycles. The van der Waals surface area contributed by atoms with Crippen LogP contribution < -0.4 is 5.73 Å². The van der Waals surface area contributed by atoms with E-state index in [0.29, 0.717) is 6.54 Å². The summed E-state index contributed by atoms with van der Waals surface area (Å²) in [4.78, 5) is 10.9. The molecule has 3 nitrogen and oxygen atoms in total. The van der Waals surface area contributed by atoms with Crippen LogP contribution in [0.5, 0.6) is 0 Å². The second kappa shape index (κ2) is 4.02. The maximum absolute atomic E-state index is 10.9. The summed E-state index contributed by atoms with van der Waals surface area (Å²) >= 11 is 0. The van der Waals surface area contributed by atoms with Crippen molar-refractivity contribution in [2.75, 3.05) is 6.54 Å². The van der Waals surface area contributed by atoms with E-state index in [0.717, 1.165) is 19.3 Å². The predicted octanol–water partition coefficient (Wildman–Crippen LogP) is 2.64. The van der Waals surface area contributed by atoms with Gasteiger partial charge in [0.1, 0.15) is 0 Å². The van der Waals surface area contributed by atoms with Crippen molar-refractivity contribution in [3.05, 3.63) is 0 Å². The minimum Gasteiger partial charge on any atom is -0.481 e. The third-order valence-corrected chi connectivity index (χ3v) is 4.65. The third-order valence-electron chi connectivity index (χ3n) is 4.65. The van der Waals surface area contributed by atoms with Gasteiger partial charge in [-0.2, -0.15) is 0 Å². The first-order valence-corrected chi connectivity index (χ1v) is 6.12. The Labute approximate surface area is 98.4 Å². The highest BCUT2D eigenvalue weighted by Crippen LogP contribution is 2.65. The molecular formula is C13H25NO2. The second-order valence-corrected chi connectivity index (χ2v) is 6.51. The number of rotatable bonds is 4. The van der Waals surface area contributed by atoms with Crippen LogP contribution in [-0.2, 0) is 4.79 Å². The van der Waals surface area contributed by atoms with Crippen LogP contribution in [0.4, 0.5) is 0 Å². The quantitative estimate of drug-likeness (QED) is 0.776. The lowest BCUT2D eigenvalue weighted by Gasteiger charge is -2.62. The largest absolute Gasteiger partial charge is 0.481 e. The lowest BCUT2D eigenvalue weighted by molar-refractivity contribution is -0.154. The fourth-order valence-corrected chi connectivity index (χ4v) is 3.36. The zero-order chi connectivity index (χ0) is 12.6. The van der Waals surface area contributed by atoms with Gasteiger partial charge in [0, 0.05) is 0 Å². The van der Waals surface area contributed by atoms with Gasteiger partial charge in [-0.1, -0.05) is 27.7 Å². The molecule has 94 valence electrons. The average molecular weight is 227 g/mol. The maximum Gasteiger partial charge on any atom is 0.303 e. The summed E-state index contributed by atoms with van der Waals surface area (Å²) < 4.78 is 0. The van der Waals surface area contributed by atoms with Crippen LogP contribution in [0.1, 0.15) is 53.4 Å². The summed E-state index contributed by atoms with van der Waals surface area (Å²) in [6.45, 7) is 9.44. The average Bonchev–Trinajstić information content (AvgIpc) is 2.07. The summed E-state index contributed by atoms with van der Waals surface area (Å²) in [5.41, 5.74) is 6.14. The Morgan fingerprint density at radius 3 is 2.12 bits per heavy atom. The minimum atomic E-state index is -0.718. The van der Waals surface area contributed by atoms with Crippen molar-refractivity contribution in [1.29, 1.82) is 0 Å². The molecule has 0 bridgehead atoms. The van der Waals surface area contributed by atoms with Crippen molar-refractivity contribution in [1.82, 2.24) is 0 Å². The van der Waals surface area contributed by atoms with E-state index in [4.69, 9.17) is 10.8 Å². The second-order valence-electron chi connectivity index (χ2n) is 6.51. The smallest absolute Gasteiger partial charge is 0.303 e. The molecule has 0 aliphatic heterocycles. The fraction of sp³-hybridized carbons (Fsp3) is 0.923. The molecule has 0 aromatic rings. The molecule has 0 aromatic carbocycles. The van der Waals surface area contributed by atoms with E-state index in [1.807, 2.05) is 0 Å². The van der Waals surface area contributed by atoms with E-state index in [-0.39, 0.29) is 22.7 Å². The molecule has 0 radical (unpaired) electrons. The summed E-state index contributed by atoms with van der Waals surface area (Å²) in [5, 5.41) is 8.94. The molecule has 0 aromatic heterocycles. The number of hydrogen-bond donors (Lipinski definition) is 2. The van der Waals surface area contributed by atoms with E-state index in [1.165, 1.54) is 0 Å². The number of carboxylic acids is 1. The Bertz CT molecular complexity index is 272. The normalized spacial score (nSPS) is 34.6. The highest BCUT2D eigenvalue weighted by Gasteiger charge is 2.58. The van der Waals surface area contributed by atoms with Gasteiger partial charge in [0.15, 0.2) is 0 Å². The number of carbonyl (C=O) groups is 1. The topological polar surface area (TPSA) is 63.3 Å². The molecule has 0 spiro atoms. The standard InChI is InChI=1S/C13H25NO2/c1-5-13(11(2,3)4)7-12(8-13,9-14)6-10(15)16/h5-9,14H2,1-4H3,(H,15,16)/t12-,13+. The van der Waals surface area contributed by atoms with E-state index in [2.05, 4.69) is 27.7 Å². The van der Waals surface area contributed by atoms with Gasteiger partial charge in [0.2, 0.25) is 0 Å². The van der Waals surface area contributed by atoms with Gasteiger partial charge in [-0.15, -0.1) is 0 Å². The molecule has 1 aliphatic rings. The number of aliphatic carboxylic acids is 1. The van der Waals surface area contributed by atoms with Crippen LogP contribution in [0.2, 0.25) is 0 Å². The van der Waals surface area contributed by atoms with E-state index in [9.17, 15) is 4.79 Å². The first kappa shape index (κ1) is 13.5. The Kier molecular flexibility index (Phi) is 3.39. The van der Waals surface area contributed by atoms with E-state index >= 15 is 0 Å². The molecule has 3 N–H and O–H groups in total. The molecule has 1 aliphatic carbocycles. The Balaban J connectivity index is 2.78. The lowest BCUT2D eigenvalue weighted by atomic mass is 9.43. The number of hydrogen-bond acceptors (Lipinski definition) is 2. The van der Waals surface area contributed by atoms with Gasteiger partial charge in [0.05, 0.1) is 6.42 Å². The summed E-state index contributed by atoms with van der Waals surface area (Å²) in [6, 6.07) is 0. The molecule has 0 atom stereocenters. The first-order chi connectivity index (χ1) is 7.20. The van der Waals surface area contributed by atoms with Crippen LogP contribution in [0.15, 0.2) is 0 Å². The van der Waals surface area contributed by atoms with Crippen LogP contribution >= 0.6 is 0 Å². The lowest BCUT2D eigenvalue weighted by Crippen LogP contribution is -2.56. The van der Waals surface area contributed by atoms with Crippen LogP contribution in [0.25, 0.3) is 0 Å². The summed E-state index contributed by atoms with van der Waals surface area (Å²) in [7, 11) is 0. The van der Waals surface area contributed by atoms with Crippen LogP contribution in [0.3, 0.4) is 0 Å². The molecule has 3 heteroatoms. The predicted molar refractivity (Wildman–Crippen MR) is 65.2 cm³/mol. The molecule has 1 saturated carbocycles.